The van der Waals surface area contributed by atoms with Crippen LogP contribution in [-0.4, -0.2) is 23.3 Å². The molecule has 1 fully saturated rings. The number of carboxylic acid groups (broad SMARTS) is 1. The molecule has 0 amide bonds. The molecular weight excluding hydrogens is 275 g/mol. The largest absolute Gasteiger partial charge is 0.505 e. The zero-order valence-electron chi connectivity index (χ0n) is 10.3. The van der Waals surface area contributed by atoms with Gasteiger partial charge in [-0.25, -0.2) is 0 Å². The highest BCUT2D eigenvalue weighted by atomic mass is 35.5. The Morgan fingerprint density at radius 2 is 2.26 bits per heavy atom. The molecule has 0 bridgehead atoms. The van der Waals surface area contributed by atoms with Crippen LogP contribution in [0.5, 0.6) is 11.5 Å². The third kappa shape index (κ3) is 2.76. The molecule has 1 atom stereocenters. The maximum absolute atomic E-state index is 13.9. The molecule has 104 valence electrons. The van der Waals surface area contributed by atoms with Crippen molar-refractivity contribution in [2.75, 3.05) is 7.11 Å². The Kier molecular flexibility index (Phi) is 3.85. The Hall–Kier alpha value is -1.49. The van der Waals surface area contributed by atoms with Gasteiger partial charge in [0.15, 0.2) is 11.5 Å². The summed E-state index contributed by atoms with van der Waals surface area (Å²) in [5.41, 5.74) is 0.244. The fourth-order valence-corrected chi connectivity index (χ4v) is 2.57. The van der Waals surface area contributed by atoms with E-state index in [2.05, 4.69) is 0 Å². The van der Waals surface area contributed by atoms with Gasteiger partial charge < -0.3 is 14.9 Å². The van der Waals surface area contributed by atoms with Crippen molar-refractivity contribution in [2.45, 2.75) is 25.2 Å². The minimum absolute atomic E-state index is 0.0313. The smallest absolute Gasteiger partial charge is 0.303 e. The number of rotatable bonds is 5. The van der Waals surface area contributed by atoms with Crippen molar-refractivity contribution in [3.8, 4) is 11.5 Å². The molecule has 1 aliphatic rings. The maximum Gasteiger partial charge on any atom is 0.303 e. The van der Waals surface area contributed by atoms with Crippen LogP contribution in [0.3, 0.4) is 0 Å². The van der Waals surface area contributed by atoms with E-state index in [4.69, 9.17) is 21.4 Å². The van der Waals surface area contributed by atoms with Gasteiger partial charge in [0.05, 0.1) is 18.6 Å². The number of halogens is 2. The highest BCUT2D eigenvalue weighted by Gasteiger charge is 2.36. The van der Waals surface area contributed by atoms with E-state index in [0.29, 0.717) is 0 Å². The van der Waals surface area contributed by atoms with Crippen molar-refractivity contribution in [1.29, 1.82) is 0 Å². The SMILES string of the molecule is COc1c(Cl)cc(C(CC(=O)O)C2CC2)c(O)c1F. The number of benzene rings is 1. The average Bonchev–Trinajstić information content (AvgIpc) is 3.15. The minimum atomic E-state index is -0.983. The Morgan fingerprint density at radius 3 is 2.74 bits per heavy atom. The molecule has 1 aromatic carbocycles. The molecule has 6 heteroatoms. The van der Waals surface area contributed by atoms with Crippen molar-refractivity contribution in [3.05, 3.63) is 22.5 Å². The summed E-state index contributed by atoms with van der Waals surface area (Å²) in [5, 5.41) is 18.8. The Bertz CT molecular complexity index is 514. The monoisotopic (exact) mass is 288 g/mol. The van der Waals surface area contributed by atoms with E-state index >= 15 is 0 Å². The predicted molar refractivity (Wildman–Crippen MR) is 67.3 cm³/mol. The molecule has 0 aliphatic heterocycles. The molecule has 0 heterocycles. The minimum Gasteiger partial charge on any atom is -0.505 e. The first kappa shape index (κ1) is 13.9. The lowest BCUT2D eigenvalue weighted by molar-refractivity contribution is -0.137. The molecule has 1 unspecified atom stereocenters. The molecule has 0 spiro atoms. The highest BCUT2D eigenvalue weighted by molar-refractivity contribution is 6.32. The molecule has 0 radical (unpaired) electrons. The third-order valence-electron chi connectivity index (χ3n) is 3.37. The van der Waals surface area contributed by atoms with Crippen molar-refractivity contribution < 1.29 is 24.1 Å². The third-order valence-corrected chi connectivity index (χ3v) is 3.65. The summed E-state index contributed by atoms with van der Waals surface area (Å²) in [5.74, 6) is -2.99. The van der Waals surface area contributed by atoms with E-state index in [-0.39, 0.29) is 28.7 Å². The fourth-order valence-electron chi connectivity index (χ4n) is 2.30. The van der Waals surface area contributed by atoms with E-state index in [1.165, 1.54) is 13.2 Å². The molecule has 1 saturated carbocycles. The van der Waals surface area contributed by atoms with E-state index < -0.39 is 23.5 Å². The molecule has 2 N–H and O–H groups in total. The van der Waals surface area contributed by atoms with Crippen LogP contribution in [0.1, 0.15) is 30.7 Å². The quantitative estimate of drug-likeness (QED) is 0.873. The first-order valence-electron chi connectivity index (χ1n) is 5.92. The maximum atomic E-state index is 13.9. The number of ether oxygens (including phenoxy) is 1. The van der Waals surface area contributed by atoms with E-state index in [1.807, 2.05) is 0 Å². The summed E-state index contributed by atoms with van der Waals surface area (Å²) in [6.07, 6.45) is 1.60. The first-order valence-corrected chi connectivity index (χ1v) is 6.30. The highest BCUT2D eigenvalue weighted by Crippen LogP contribution is 2.49. The number of carboxylic acids is 1. The molecule has 2 rings (SSSR count). The fraction of sp³-hybridized carbons (Fsp3) is 0.462. The number of methoxy groups -OCH3 is 1. The van der Waals surface area contributed by atoms with Crippen molar-refractivity contribution in [1.82, 2.24) is 0 Å². The van der Waals surface area contributed by atoms with Gasteiger partial charge in [-0.3, -0.25) is 4.79 Å². The topological polar surface area (TPSA) is 66.8 Å². The summed E-state index contributed by atoms with van der Waals surface area (Å²) in [6, 6.07) is 1.39. The van der Waals surface area contributed by atoms with Crippen molar-refractivity contribution in [2.24, 2.45) is 5.92 Å². The second kappa shape index (κ2) is 5.25. The molecule has 4 nitrogen and oxygen atoms in total. The Morgan fingerprint density at radius 1 is 1.63 bits per heavy atom. The van der Waals surface area contributed by atoms with Gasteiger partial charge in [-0.1, -0.05) is 11.6 Å². The zero-order valence-corrected chi connectivity index (χ0v) is 11.1. The lowest BCUT2D eigenvalue weighted by Gasteiger charge is -2.18. The summed E-state index contributed by atoms with van der Waals surface area (Å²) in [7, 11) is 1.25. The molecule has 1 aromatic rings. The van der Waals surface area contributed by atoms with E-state index in [1.54, 1.807) is 0 Å². The van der Waals surface area contributed by atoms with Gasteiger partial charge >= 0.3 is 5.97 Å². The van der Waals surface area contributed by atoms with Crippen LogP contribution in [0.15, 0.2) is 6.07 Å². The van der Waals surface area contributed by atoms with Gasteiger partial charge in [-0.05, 0) is 24.8 Å². The summed E-state index contributed by atoms with van der Waals surface area (Å²) in [6.45, 7) is 0. The average molecular weight is 289 g/mol. The first-order chi connectivity index (χ1) is 8.95. The number of phenols is 1. The second-order valence-electron chi connectivity index (χ2n) is 4.69. The number of phenolic OH excluding ortho intramolecular Hbond substituents is 1. The van der Waals surface area contributed by atoms with Gasteiger partial charge in [-0.2, -0.15) is 4.39 Å². The van der Waals surface area contributed by atoms with E-state index in [0.717, 1.165) is 12.8 Å². The van der Waals surface area contributed by atoms with Crippen LogP contribution in [0, 0.1) is 11.7 Å². The van der Waals surface area contributed by atoms with Gasteiger partial charge in [0.1, 0.15) is 0 Å². The molecular formula is C13H14ClFO4. The van der Waals surface area contributed by atoms with Crippen LogP contribution in [0.25, 0.3) is 0 Å². The number of hydrogen-bond acceptors (Lipinski definition) is 3. The summed E-state index contributed by atoms with van der Waals surface area (Å²) in [4.78, 5) is 10.9. The summed E-state index contributed by atoms with van der Waals surface area (Å²) >= 11 is 5.89. The van der Waals surface area contributed by atoms with Crippen LogP contribution < -0.4 is 4.74 Å². The molecule has 1 aliphatic carbocycles. The number of carbonyl (C=O) groups is 1. The van der Waals surface area contributed by atoms with Crippen LogP contribution in [0.2, 0.25) is 5.02 Å². The van der Waals surface area contributed by atoms with Crippen LogP contribution in [-0.2, 0) is 4.79 Å². The van der Waals surface area contributed by atoms with Gasteiger partial charge in [-0.15, -0.1) is 0 Å². The molecule has 19 heavy (non-hydrogen) atoms. The van der Waals surface area contributed by atoms with Crippen molar-refractivity contribution >= 4 is 17.6 Å². The van der Waals surface area contributed by atoms with Crippen LogP contribution >= 0.6 is 11.6 Å². The summed E-state index contributed by atoms with van der Waals surface area (Å²) < 4.78 is 18.7. The lowest BCUT2D eigenvalue weighted by Crippen LogP contribution is -2.09. The normalized spacial score (nSPS) is 16.2. The Balaban J connectivity index is 2.45. The standard InChI is InChI=1S/C13H14ClFO4/c1-19-13-9(14)4-8(12(18)11(13)15)7(5-10(16)17)6-2-3-6/h4,6-7,18H,2-3,5H2,1H3,(H,16,17). The van der Waals surface area contributed by atoms with Gasteiger partial charge in [0.25, 0.3) is 0 Å². The number of aromatic hydroxyl groups is 1. The predicted octanol–water partition coefficient (Wildman–Crippen LogP) is 3.16. The number of aliphatic carboxylic acids is 1. The van der Waals surface area contributed by atoms with Gasteiger partial charge in [0, 0.05) is 11.5 Å². The van der Waals surface area contributed by atoms with Crippen molar-refractivity contribution in [3.63, 3.8) is 0 Å². The van der Waals surface area contributed by atoms with Crippen LogP contribution in [0.4, 0.5) is 4.39 Å². The zero-order chi connectivity index (χ0) is 14.2. The number of hydrogen-bond donors (Lipinski definition) is 2. The molecule has 0 saturated heterocycles. The van der Waals surface area contributed by atoms with E-state index in [9.17, 15) is 14.3 Å². The second-order valence-corrected chi connectivity index (χ2v) is 5.09. The molecule has 0 aromatic heterocycles. The Labute approximate surface area is 114 Å². The lowest BCUT2D eigenvalue weighted by atomic mass is 9.90. The van der Waals surface area contributed by atoms with Gasteiger partial charge in [0.2, 0.25) is 5.82 Å².